The molecule has 214 valence electrons. The average molecular weight is 563 g/mol. The van der Waals surface area contributed by atoms with Gasteiger partial charge in [0.1, 0.15) is 11.4 Å². The van der Waals surface area contributed by atoms with Gasteiger partial charge in [-0.15, -0.1) is 0 Å². The van der Waals surface area contributed by atoms with E-state index in [1.54, 1.807) is 23.6 Å². The highest BCUT2D eigenvalue weighted by Gasteiger charge is 2.26. The molecule has 0 fully saturated rings. The van der Waals surface area contributed by atoms with E-state index in [4.69, 9.17) is 4.74 Å². The molecular formula is C35H34N2O5. The summed E-state index contributed by atoms with van der Waals surface area (Å²) in [5, 5.41) is 23.1. The van der Waals surface area contributed by atoms with Gasteiger partial charge < -0.3 is 14.4 Å². The second-order valence-electron chi connectivity index (χ2n) is 11.8. The first kappa shape index (κ1) is 28.6. The second-order valence-corrected chi connectivity index (χ2v) is 11.8. The van der Waals surface area contributed by atoms with Crippen LogP contribution < -0.4 is 4.74 Å². The molecule has 0 aliphatic rings. The number of aromatic nitrogens is 1. The number of rotatable bonds is 7. The van der Waals surface area contributed by atoms with Crippen molar-refractivity contribution in [2.75, 3.05) is 0 Å². The highest BCUT2D eigenvalue weighted by Crippen LogP contribution is 2.40. The molecule has 0 saturated heterocycles. The summed E-state index contributed by atoms with van der Waals surface area (Å²) >= 11 is 0. The van der Waals surface area contributed by atoms with Crippen LogP contribution in [0, 0.1) is 17.0 Å². The van der Waals surface area contributed by atoms with Crippen LogP contribution in [0.2, 0.25) is 0 Å². The van der Waals surface area contributed by atoms with E-state index < -0.39 is 10.9 Å². The zero-order valence-corrected chi connectivity index (χ0v) is 24.6. The summed E-state index contributed by atoms with van der Waals surface area (Å²) in [5.74, 6) is -0.453. The Morgan fingerprint density at radius 2 is 1.50 bits per heavy atom. The summed E-state index contributed by atoms with van der Waals surface area (Å²) < 4.78 is 7.42. The molecule has 5 aromatic rings. The maximum absolute atomic E-state index is 13.0. The molecule has 0 radical (unpaired) electrons. The van der Waals surface area contributed by atoms with E-state index in [9.17, 15) is 20.0 Å². The summed E-state index contributed by atoms with van der Waals surface area (Å²) in [6, 6.07) is 26.4. The summed E-state index contributed by atoms with van der Waals surface area (Å²) in [6.07, 6.45) is -0.00287. The van der Waals surface area contributed by atoms with Gasteiger partial charge in [-0.05, 0) is 78.8 Å². The minimum Gasteiger partial charge on any atom is -0.491 e. The molecule has 0 amide bonds. The van der Waals surface area contributed by atoms with E-state index in [0.29, 0.717) is 33.6 Å². The van der Waals surface area contributed by atoms with Crippen LogP contribution in [0.1, 0.15) is 56.2 Å². The number of carbonyl (C=O) groups is 1. The first-order chi connectivity index (χ1) is 19.8. The molecule has 4 aromatic carbocycles. The molecule has 42 heavy (non-hydrogen) atoms. The highest BCUT2D eigenvalue weighted by molar-refractivity contribution is 6.10. The fourth-order valence-electron chi connectivity index (χ4n) is 5.30. The summed E-state index contributed by atoms with van der Waals surface area (Å²) in [4.78, 5) is 24.3. The van der Waals surface area contributed by atoms with Crippen LogP contribution in [0.4, 0.5) is 5.69 Å². The molecule has 1 heterocycles. The lowest BCUT2D eigenvalue weighted by atomic mass is 9.86. The van der Waals surface area contributed by atoms with Gasteiger partial charge in [0.25, 0.3) is 5.69 Å². The van der Waals surface area contributed by atoms with Crippen molar-refractivity contribution in [3.8, 4) is 33.7 Å². The number of hydrogen-bond donors (Lipinski definition) is 1. The third kappa shape index (κ3) is 5.38. The highest BCUT2D eigenvalue weighted by atomic mass is 16.6. The lowest BCUT2D eigenvalue weighted by molar-refractivity contribution is -0.385. The minimum absolute atomic E-state index is 0.00287. The van der Waals surface area contributed by atoms with Crippen LogP contribution >= 0.6 is 0 Å². The Balaban J connectivity index is 1.79. The van der Waals surface area contributed by atoms with Crippen molar-refractivity contribution in [1.29, 1.82) is 0 Å². The molecule has 0 saturated carbocycles. The van der Waals surface area contributed by atoms with Gasteiger partial charge in [0.15, 0.2) is 0 Å². The van der Waals surface area contributed by atoms with Crippen LogP contribution in [-0.2, 0) is 5.41 Å². The maximum Gasteiger partial charge on any atom is 0.353 e. The Kier molecular flexibility index (Phi) is 7.37. The van der Waals surface area contributed by atoms with Gasteiger partial charge in [0.05, 0.1) is 22.2 Å². The molecule has 0 spiro atoms. The second kappa shape index (κ2) is 10.8. The topological polar surface area (TPSA) is 94.6 Å². The molecule has 7 heteroatoms. The summed E-state index contributed by atoms with van der Waals surface area (Å²) in [6.45, 7) is 12.1. The van der Waals surface area contributed by atoms with E-state index in [0.717, 1.165) is 16.5 Å². The molecule has 0 unspecified atom stereocenters. The van der Waals surface area contributed by atoms with Gasteiger partial charge >= 0.3 is 5.97 Å². The van der Waals surface area contributed by atoms with Crippen LogP contribution in [0.15, 0.2) is 84.9 Å². The third-order valence-corrected chi connectivity index (χ3v) is 7.42. The third-order valence-electron chi connectivity index (χ3n) is 7.42. The number of nitro groups is 1. The fraction of sp³-hybridized carbons (Fsp3) is 0.229. The number of aromatic carboxylic acids is 1. The predicted octanol–water partition coefficient (Wildman–Crippen LogP) is 8.96. The minimum atomic E-state index is -1.14. The summed E-state index contributed by atoms with van der Waals surface area (Å²) in [7, 11) is 0. The van der Waals surface area contributed by atoms with Gasteiger partial charge in [-0.3, -0.25) is 10.1 Å². The van der Waals surface area contributed by atoms with E-state index in [-0.39, 0.29) is 22.9 Å². The Morgan fingerprint density at radius 3 is 2.07 bits per heavy atom. The normalized spacial score (nSPS) is 11.7. The molecule has 0 atom stereocenters. The first-order valence-corrected chi connectivity index (χ1v) is 13.9. The summed E-state index contributed by atoms with van der Waals surface area (Å²) in [5.41, 5.74) is 5.92. The van der Waals surface area contributed by atoms with Crippen molar-refractivity contribution in [1.82, 2.24) is 4.57 Å². The number of nitro benzene ring substituents is 1. The van der Waals surface area contributed by atoms with Gasteiger partial charge in [0, 0.05) is 22.6 Å². The maximum atomic E-state index is 13.0. The number of nitrogens with zero attached hydrogens (tertiary/aromatic N) is 2. The molecule has 5 rings (SSSR count). The van der Waals surface area contributed by atoms with Gasteiger partial charge in [-0.2, -0.15) is 0 Å². The largest absolute Gasteiger partial charge is 0.491 e. The first-order valence-electron chi connectivity index (χ1n) is 13.9. The van der Waals surface area contributed by atoms with Crippen molar-refractivity contribution in [2.24, 2.45) is 0 Å². The lowest BCUT2D eigenvalue weighted by Gasteiger charge is -2.19. The molecule has 0 aliphatic heterocycles. The van der Waals surface area contributed by atoms with Crippen LogP contribution in [-0.4, -0.2) is 26.7 Å². The van der Waals surface area contributed by atoms with Crippen LogP contribution in [0.3, 0.4) is 0 Å². The van der Waals surface area contributed by atoms with Crippen LogP contribution in [0.25, 0.3) is 38.8 Å². The van der Waals surface area contributed by atoms with Crippen molar-refractivity contribution >= 4 is 22.6 Å². The molecule has 0 bridgehead atoms. The van der Waals surface area contributed by atoms with Gasteiger partial charge in [0.2, 0.25) is 0 Å². The number of aryl methyl sites for hydroxylation is 1. The number of carboxylic acids is 1. The quantitative estimate of drug-likeness (QED) is 0.158. The Labute approximate surface area is 245 Å². The average Bonchev–Trinajstić information content (AvgIpc) is 3.28. The van der Waals surface area contributed by atoms with E-state index in [2.05, 4.69) is 45.0 Å². The van der Waals surface area contributed by atoms with E-state index >= 15 is 0 Å². The molecule has 0 aliphatic carbocycles. The molecular weight excluding hydrogens is 528 g/mol. The Morgan fingerprint density at radius 1 is 0.881 bits per heavy atom. The zero-order chi connectivity index (χ0) is 30.3. The standard InChI is InChI=1S/C35H34N2O5/c1-21(2)42-28-16-10-24(11-17-28)32-29-19-25(23-8-13-26(14-9-23)35(4,5)6)12-18-30(29)36(33(32)34(38)39)27-15-7-22(3)31(20-27)37(40)41/h7-21H,1-6H3,(H,38,39). The monoisotopic (exact) mass is 562 g/mol. The van der Waals surface area contributed by atoms with E-state index in [1.165, 1.54) is 11.6 Å². The van der Waals surface area contributed by atoms with Crippen LogP contribution in [0.5, 0.6) is 5.75 Å². The molecule has 1 aromatic heterocycles. The lowest BCUT2D eigenvalue weighted by Crippen LogP contribution is -2.10. The van der Waals surface area contributed by atoms with Crippen molar-refractivity contribution in [3.05, 3.63) is 112 Å². The SMILES string of the molecule is Cc1ccc(-n2c(C(=O)O)c(-c3ccc(OC(C)C)cc3)c3cc(-c4ccc(C(C)(C)C)cc4)ccc32)cc1[N+](=O)[O-]. The number of hydrogen-bond acceptors (Lipinski definition) is 4. The van der Waals surface area contributed by atoms with Gasteiger partial charge in [-0.1, -0.05) is 69.3 Å². The van der Waals surface area contributed by atoms with E-state index in [1.807, 2.05) is 56.3 Å². The number of carboxylic acid groups (broad SMARTS) is 1. The Bertz CT molecular complexity index is 1810. The number of benzene rings is 4. The van der Waals surface area contributed by atoms with Gasteiger partial charge in [-0.25, -0.2) is 4.79 Å². The molecule has 1 N–H and O–H groups in total. The van der Waals surface area contributed by atoms with Crippen molar-refractivity contribution in [3.63, 3.8) is 0 Å². The van der Waals surface area contributed by atoms with Crippen molar-refractivity contribution in [2.45, 2.75) is 53.1 Å². The number of fused-ring (bicyclic) bond motifs is 1. The number of ether oxygens (including phenoxy) is 1. The smallest absolute Gasteiger partial charge is 0.353 e. The Hall–Kier alpha value is -4.91. The zero-order valence-electron chi connectivity index (χ0n) is 24.6. The fourth-order valence-corrected chi connectivity index (χ4v) is 5.30. The predicted molar refractivity (Wildman–Crippen MR) is 167 cm³/mol. The van der Waals surface area contributed by atoms with Crippen molar-refractivity contribution < 1.29 is 19.6 Å². The molecule has 7 nitrogen and oxygen atoms in total.